The number of hydrogen-bond donors (Lipinski definition) is 3. The number of sulfonamides is 1. The number of carbonyl (C=O) groups is 5. The highest BCUT2D eigenvalue weighted by Crippen LogP contribution is 2.46. The third kappa shape index (κ3) is 9.21. The summed E-state index contributed by atoms with van der Waals surface area (Å²) in [7, 11) is -4.51. The molecule has 5 atom stereocenters. The molecule has 0 spiro atoms. The molecular weight excluding hydrogens is 800 g/mol. The van der Waals surface area contributed by atoms with E-state index in [0.717, 1.165) is 17.4 Å². The predicted octanol–water partition coefficient (Wildman–Crippen LogP) is 5.41. The van der Waals surface area contributed by atoms with Gasteiger partial charge in [0, 0.05) is 24.4 Å². The molecule has 3 aliphatic heterocycles. The summed E-state index contributed by atoms with van der Waals surface area (Å²) >= 11 is 12.9. The van der Waals surface area contributed by atoms with E-state index in [1.54, 1.807) is 39.0 Å². The Bertz CT molecular complexity index is 2020. The highest BCUT2D eigenvalue weighted by molar-refractivity contribution is 7.90. The second-order valence-electron chi connectivity index (χ2n) is 15.1. The van der Waals surface area contributed by atoms with Crippen molar-refractivity contribution in [2.24, 2.45) is 5.92 Å². The first kappa shape index (κ1) is 40.7. The molecule has 2 fully saturated rings. The van der Waals surface area contributed by atoms with Crippen LogP contribution in [0.25, 0.3) is 0 Å². The van der Waals surface area contributed by atoms with Crippen LogP contribution in [-0.2, 0) is 47.0 Å². The van der Waals surface area contributed by atoms with E-state index < -0.39 is 85.9 Å². The molecule has 55 heavy (non-hydrogen) atoms. The molecule has 14 nitrogen and oxygen atoms in total. The Hall–Kier alpha value is -3.93. The van der Waals surface area contributed by atoms with Crippen molar-refractivity contribution in [2.75, 3.05) is 6.54 Å². The lowest BCUT2D eigenvalue weighted by atomic mass is 10.0. The number of ether oxygens (including phenoxy) is 2. The maximum atomic E-state index is 14.4. The van der Waals surface area contributed by atoms with Crippen molar-refractivity contribution in [3.63, 3.8) is 0 Å². The van der Waals surface area contributed by atoms with Gasteiger partial charge < -0.3 is 25.0 Å². The van der Waals surface area contributed by atoms with Crippen LogP contribution >= 0.6 is 34.5 Å². The number of thiophene rings is 1. The zero-order valence-electron chi connectivity index (χ0n) is 30.4. The van der Waals surface area contributed by atoms with Crippen LogP contribution in [0, 0.1) is 11.7 Å². The van der Waals surface area contributed by atoms with Gasteiger partial charge in [0.25, 0.3) is 15.9 Å². The van der Waals surface area contributed by atoms with Gasteiger partial charge in [-0.15, -0.1) is 11.3 Å². The Morgan fingerprint density at radius 2 is 1.87 bits per heavy atom. The minimum absolute atomic E-state index is 0.0275. The number of amides is 5. The number of fused-ring (bicyclic) bond motifs is 3. The van der Waals surface area contributed by atoms with Crippen molar-refractivity contribution in [1.82, 2.24) is 25.2 Å². The van der Waals surface area contributed by atoms with Gasteiger partial charge in [-0.3, -0.25) is 19.3 Å². The number of nitrogens with zero attached hydrogens (tertiary/aromatic N) is 2. The summed E-state index contributed by atoms with van der Waals surface area (Å²) in [5, 5.41) is 5.39. The van der Waals surface area contributed by atoms with Gasteiger partial charge in [0.2, 0.25) is 11.8 Å². The molecule has 0 radical (unpaired) electrons. The summed E-state index contributed by atoms with van der Waals surface area (Å²) in [6.07, 6.45) is 3.63. The number of rotatable bonds is 5. The lowest BCUT2D eigenvalue weighted by Crippen LogP contribution is -2.58. The Balaban J connectivity index is 1.27. The second-order valence-corrected chi connectivity index (χ2v) is 19.1. The lowest BCUT2D eigenvalue weighted by molar-refractivity contribution is -0.141. The van der Waals surface area contributed by atoms with Gasteiger partial charge >= 0.3 is 12.2 Å². The summed E-state index contributed by atoms with van der Waals surface area (Å²) < 4.78 is 54.2. The Kier molecular flexibility index (Phi) is 11.8. The van der Waals surface area contributed by atoms with E-state index in [1.165, 1.54) is 15.9 Å². The lowest BCUT2D eigenvalue weighted by Gasteiger charge is -2.30. The fourth-order valence-electron chi connectivity index (χ4n) is 7.12. The van der Waals surface area contributed by atoms with Gasteiger partial charge in [0.15, 0.2) is 0 Å². The van der Waals surface area contributed by atoms with Crippen LogP contribution < -0.4 is 15.4 Å². The maximum Gasteiger partial charge on any atom is 0.410 e. The Labute approximate surface area is 332 Å². The molecule has 6 rings (SSSR count). The Morgan fingerprint density at radius 3 is 2.56 bits per heavy atom. The summed E-state index contributed by atoms with van der Waals surface area (Å²) in [6, 6.07) is 3.26. The molecule has 0 unspecified atom stereocenters. The van der Waals surface area contributed by atoms with Crippen molar-refractivity contribution in [2.45, 2.75) is 113 Å². The van der Waals surface area contributed by atoms with Gasteiger partial charge in [0.05, 0.1) is 17.4 Å². The van der Waals surface area contributed by atoms with Crippen LogP contribution in [0.1, 0.15) is 76.8 Å². The van der Waals surface area contributed by atoms with E-state index in [4.69, 9.17) is 32.7 Å². The largest absolute Gasteiger partial charge is 0.444 e. The first-order valence-corrected chi connectivity index (χ1v) is 20.9. The first-order valence-electron chi connectivity index (χ1n) is 17.9. The van der Waals surface area contributed by atoms with Crippen molar-refractivity contribution >= 4 is 74.5 Å². The molecule has 1 aromatic carbocycles. The summed E-state index contributed by atoms with van der Waals surface area (Å²) in [5.41, 5.74) is -1.58. The molecule has 1 aromatic heterocycles. The van der Waals surface area contributed by atoms with Crippen LogP contribution in [0.3, 0.4) is 0 Å². The normalized spacial score (nSPS) is 26.4. The van der Waals surface area contributed by atoms with Crippen molar-refractivity contribution in [3.8, 4) is 0 Å². The summed E-state index contributed by atoms with van der Waals surface area (Å²) in [4.78, 5) is 71.0. The van der Waals surface area contributed by atoms with Gasteiger partial charge in [-0.05, 0) is 64.2 Å². The molecule has 2 aromatic rings. The molecule has 4 aliphatic rings. The monoisotopic (exact) mass is 841 g/mol. The molecule has 298 valence electrons. The summed E-state index contributed by atoms with van der Waals surface area (Å²) in [5.74, 6) is -3.48. The molecule has 3 N–H and O–H groups in total. The van der Waals surface area contributed by atoms with Gasteiger partial charge in [0.1, 0.15) is 44.4 Å². The van der Waals surface area contributed by atoms with Crippen LogP contribution in [0.4, 0.5) is 14.0 Å². The SMILES string of the molecule is CC(C)(C)OC(=O)N[C@H]1CCCCC/C=C\[C@@H]2C[C@@]2(C(=O)NS(=O)(=O)c2cc(Cl)sc2Cl)NC(=O)[C@@H]2C[C@@H](OC(=O)N3Cc4cccc(F)c4C3)CN2C1=O. The number of benzene rings is 1. The molecule has 19 heteroatoms. The minimum Gasteiger partial charge on any atom is -0.444 e. The first-order chi connectivity index (χ1) is 25.9. The average Bonchev–Trinajstić information content (AvgIpc) is 3.39. The zero-order chi connectivity index (χ0) is 39.9. The molecule has 1 saturated heterocycles. The van der Waals surface area contributed by atoms with E-state index in [9.17, 15) is 36.8 Å². The van der Waals surface area contributed by atoms with Crippen LogP contribution in [0.5, 0.6) is 0 Å². The van der Waals surface area contributed by atoms with Crippen molar-refractivity contribution in [1.29, 1.82) is 0 Å². The number of hydrogen-bond acceptors (Lipinski definition) is 10. The Morgan fingerprint density at radius 1 is 1.11 bits per heavy atom. The second kappa shape index (κ2) is 15.9. The summed E-state index contributed by atoms with van der Waals surface area (Å²) in [6.45, 7) is 4.87. The van der Waals surface area contributed by atoms with E-state index >= 15 is 0 Å². The predicted molar refractivity (Wildman–Crippen MR) is 200 cm³/mol. The smallest absolute Gasteiger partial charge is 0.410 e. The van der Waals surface area contributed by atoms with Crippen molar-refractivity contribution < 1.29 is 46.3 Å². The fraction of sp³-hybridized carbons (Fsp3) is 0.528. The standard InChI is InChI=1S/C36H42Cl2FN5O9S2/c1-35(2,3)53-33(48)40-25-13-8-6-4-5-7-11-21-16-36(21,32(47)42-55(50,51)27-15-28(37)54-29(27)38)41-30(45)26-14-22(18-44(26)31(25)46)52-34(49)43-17-20-10-9-12-24(39)23(20)19-43/h7,9-12,15,21-22,25-26H,4-6,8,13-14,16-19H2,1-3H3,(H,40,48)(H,41,45)(H,42,47)/b11-7-/t21-,22-,25+,26+,36-/m1/s1. The van der Waals surface area contributed by atoms with Crippen molar-refractivity contribution in [3.05, 3.63) is 62.0 Å². The number of allylic oxidation sites excluding steroid dienone is 1. The zero-order valence-corrected chi connectivity index (χ0v) is 33.5. The van der Waals surface area contributed by atoms with E-state index in [0.29, 0.717) is 36.8 Å². The molecular formula is C36H42Cl2FN5O9S2. The molecule has 5 amide bonds. The number of alkyl carbamates (subject to hydrolysis) is 1. The van der Waals surface area contributed by atoms with Gasteiger partial charge in [-0.25, -0.2) is 27.1 Å². The molecule has 1 aliphatic carbocycles. The van der Waals surface area contributed by atoms with E-state index in [1.807, 2.05) is 10.8 Å². The fourth-order valence-corrected chi connectivity index (χ4v) is 10.3. The maximum absolute atomic E-state index is 14.4. The number of nitrogens with one attached hydrogen (secondary N) is 3. The van der Waals surface area contributed by atoms with E-state index in [2.05, 4.69) is 10.6 Å². The topological polar surface area (TPSA) is 181 Å². The van der Waals surface area contributed by atoms with E-state index in [-0.39, 0.29) is 47.6 Å². The highest BCUT2D eigenvalue weighted by atomic mass is 35.5. The molecule has 1 saturated carbocycles. The number of halogens is 3. The quantitative estimate of drug-likeness (QED) is 0.332. The molecule has 4 heterocycles. The van der Waals surface area contributed by atoms with Crippen LogP contribution in [0.15, 0.2) is 41.3 Å². The van der Waals surface area contributed by atoms with Crippen LogP contribution in [-0.4, -0.2) is 84.0 Å². The van der Waals surface area contributed by atoms with Crippen LogP contribution in [0.2, 0.25) is 8.67 Å². The minimum atomic E-state index is -4.51. The van der Waals surface area contributed by atoms with Gasteiger partial charge in [-0.2, -0.15) is 0 Å². The third-order valence-electron chi connectivity index (χ3n) is 9.93. The third-order valence-corrected chi connectivity index (χ3v) is 13.0. The van der Waals surface area contributed by atoms with Gasteiger partial charge in [-0.1, -0.05) is 60.3 Å². The molecule has 0 bridgehead atoms. The average molecular weight is 843 g/mol. The highest BCUT2D eigenvalue weighted by Gasteiger charge is 2.62. The number of carbonyl (C=O) groups excluding carboxylic acids is 5.